The van der Waals surface area contributed by atoms with Crippen molar-refractivity contribution in [1.82, 2.24) is 15.6 Å². The molecule has 4 nitrogen and oxygen atoms in total. The second-order valence-corrected chi connectivity index (χ2v) is 5.77. The van der Waals surface area contributed by atoms with Gasteiger partial charge in [-0.05, 0) is 18.1 Å². The molecule has 23 heavy (non-hydrogen) atoms. The molecule has 124 valence electrons. The normalized spacial score (nSPS) is 12.3. The lowest BCUT2D eigenvalue weighted by atomic mass is 10.1. The van der Waals surface area contributed by atoms with Crippen molar-refractivity contribution >= 4 is 17.3 Å². The lowest BCUT2D eigenvalue weighted by Gasteiger charge is -2.12. The van der Waals surface area contributed by atoms with Crippen molar-refractivity contribution in [1.29, 1.82) is 0 Å². The molecule has 0 fully saturated rings. The van der Waals surface area contributed by atoms with Crippen LogP contribution in [0.15, 0.2) is 34.6 Å². The fourth-order valence-electron chi connectivity index (χ4n) is 1.89. The van der Waals surface area contributed by atoms with Crippen LogP contribution in [0.5, 0.6) is 0 Å². The van der Waals surface area contributed by atoms with E-state index < -0.39 is 11.9 Å². The molecule has 0 aliphatic heterocycles. The molecular formula is C15H17F3N4S. The average molecular weight is 342 g/mol. The number of rotatable bonds is 4. The van der Waals surface area contributed by atoms with Crippen LogP contribution < -0.4 is 10.6 Å². The maximum Gasteiger partial charge on any atom is 0.434 e. The Bertz CT molecular complexity index is 679. The number of alkyl halides is 3. The molecule has 2 aromatic rings. The fraction of sp³-hybridized carbons (Fsp3) is 0.333. The number of benzene rings is 1. The van der Waals surface area contributed by atoms with Crippen LogP contribution in [0.3, 0.4) is 0 Å². The van der Waals surface area contributed by atoms with Crippen LogP contribution >= 0.6 is 11.3 Å². The van der Waals surface area contributed by atoms with E-state index in [9.17, 15) is 13.2 Å². The van der Waals surface area contributed by atoms with Crippen molar-refractivity contribution in [2.24, 2.45) is 4.99 Å². The average Bonchev–Trinajstić information content (AvgIpc) is 2.98. The van der Waals surface area contributed by atoms with Gasteiger partial charge in [0.05, 0.1) is 6.54 Å². The molecule has 0 aliphatic rings. The Morgan fingerprint density at radius 3 is 2.52 bits per heavy atom. The van der Waals surface area contributed by atoms with Crippen LogP contribution in [0.25, 0.3) is 0 Å². The largest absolute Gasteiger partial charge is 0.434 e. The van der Waals surface area contributed by atoms with E-state index in [1.54, 1.807) is 7.05 Å². The molecule has 1 aromatic carbocycles. The van der Waals surface area contributed by atoms with Gasteiger partial charge in [0.1, 0.15) is 5.01 Å². The van der Waals surface area contributed by atoms with Crippen LogP contribution in [0.4, 0.5) is 13.2 Å². The SMILES string of the molecule is CN=C(NCc1nc(C(F)(F)F)cs1)NCc1ccccc1C. The van der Waals surface area contributed by atoms with Gasteiger partial charge in [0.2, 0.25) is 0 Å². The zero-order chi connectivity index (χ0) is 16.9. The molecule has 0 saturated heterocycles. The van der Waals surface area contributed by atoms with Gasteiger partial charge in [0.15, 0.2) is 11.7 Å². The molecule has 0 amide bonds. The minimum Gasteiger partial charge on any atom is -0.352 e. The van der Waals surface area contributed by atoms with Gasteiger partial charge in [0, 0.05) is 19.0 Å². The Morgan fingerprint density at radius 1 is 1.22 bits per heavy atom. The maximum atomic E-state index is 12.5. The Kier molecular flexibility index (Phi) is 5.59. The predicted molar refractivity (Wildman–Crippen MR) is 85.3 cm³/mol. The first-order valence-electron chi connectivity index (χ1n) is 6.91. The van der Waals surface area contributed by atoms with E-state index >= 15 is 0 Å². The molecule has 1 aromatic heterocycles. The number of halogens is 3. The van der Waals surface area contributed by atoms with Gasteiger partial charge in [-0.3, -0.25) is 4.99 Å². The third kappa shape index (κ3) is 4.95. The van der Waals surface area contributed by atoms with Gasteiger partial charge in [-0.15, -0.1) is 11.3 Å². The van der Waals surface area contributed by atoms with E-state index in [0.717, 1.165) is 27.8 Å². The second kappa shape index (κ2) is 7.45. The van der Waals surface area contributed by atoms with Crippen LogP contribution in [-0.4, -0.2) is 18.0 Å². The fourth-order valence-corrected chi connectivity index (χ4v) is 2.63. The first-order chi connectivity index (χ1) is 10.9. The molecule has 2 rings (SSSR count). The van der Waals surface area contributed by atoms with Crippen molar-refractivity contribution < 1.29 is 13.2 Å². The number of aliphatic imine (C=N–C) groups is 1. The number of hydrogen-bond donors (Lipinski definition) is 2. The van der Waals surface area contributed by atoms with Crippen molar-refractivity contribution in [3.05, 3.63) is 51.5 Å². The van der Waals surface area contributed by atoms with Crippen molar-refractivity contribution in [3.63, 3.8) is 0 Å². The van der Waals surface area contributed by atoms with E-state index in [2.05, 4.69) is 20.6 Å². The van der Waals surface area contributed by atoms with Crippen LogP contribution in [0.2, 0.25) is 0 Å². The number of aromatic nitrogens is 1. The van der Waals surface area contributed by atoms with Gasteiger partial charge < -0.3 is 10.6 Å². The monoisotopic (exact) mass is 342 g/mol. The van der Waals surface area contributed by atoms with E-state index in [1.165, 1.54) is 0 Å². The zero-order valence-corrected chi connectivity index (χ0v) is 13.6. The summed E-state index contributed by atoms with van der Waals surface area (Å²) >= 11 is 0.969. The Balaban J connectivity index is 1.88. The highest BCUT2D eigenvalue weighted by atomic mass is 32.1. The highest BCUT2D eigenvalue weighted by Crippen LogP contribution is 2.29. The highest BCUT2D eigenvalue weighted by molar-refractivity contribution is 7.09. The molecule has 0 radical (unpaired) electrons. The van der Waals surface area contributed by atoms with Crippen molar-refractivity contribution in [2.45, 2.75) is 26.2 Å². The molecule has 0 aliphatic carbocycles. The topological polar surface area (TPSA) is 49.3 Å². The summed E-state index contributed by atoms with van der Waals surface area (Å²) in [6.07, 6.45) is -4.40. The number of nitrogens with one attached hydrogen (secondary N) is 2. The Hall–Kier alpha value is -2.09. The molecule has 2 N–H and O–H groups in total. The van der Waals surface area contributed by atoms with Crippen LogP contribution in [0, 0.1) is 6.92 Å². The molecule has 0 unspecified atom stereocenters. The summed E-state index contributed by atoms with van der Waals surface area (Å²) < 4.78 is 37.5. The number of hydrogen-bond acceptors (Lipinski definition) is 3. The summed E-state index contributed by atoms with van der Waals surface area (Å²) in [5.41, 5.74) is 1.43. The van der Waals surface area contributed by atoms with Gasteiger partial charge in [-0.25, -0.2) is 4.98 Å². The summed E-state index contributed by atoms with van der Waals surface area (Å²) in [5.74, 6) is 0.511. The van der Waals surface area contributed by atoms with E-state index in [-0.39, 0.29) is 6.54 Å². The third-order valence-corrected chi connectivity index (χ3v) is 4.03. The number of aryl methyl sites for hydroxylation is 1. The first kappa shape index (κ1) is 17.3. The number of guanidine groups is 1. The predicted octanol–water partition coefficient (Wildman–Crippen LogP) is 3.34. The second-order valence-electron chi connectivity index (χ2n) is 4.83. The van der Waals surface area contributed by atoms with Crippen molar-refractivity contribution in [2.75, 3.05) is 7.05 Å². The smallest absolute Gasteiger partial charge is 0.352 e. The molecule has 0 spiro atoms. The maximum absolute atomic E-state index is 12.5. The standard InChI is InChI=1S/C15H17F3N4S/c1-10-5-3-4-6-11(10)7-20-14(19-2)21-8-13-22-12(9-23-13)15(16,17)18/h3-6,9H,7-8H2,1-2H3,(H2,19,20,21). The summed E-state index contributed by atoms with van der Waals surface area (Å²) in [4.78, 5) is 7.62. The number of thiazole rings is 1. The highest BCUT2D eigenvalue weighted by Gasteiger charge is 2.33. The van der Waals surface area contributed by atoms with E-state index in [4.69, 9.17) is 0 Å². The van der Waals surface area contributed by atoms with Crippen LogP contribution in [-0.2, 0) is 19.3 Å². The van der Waals surface area contributed by atoms with E-state index in [1.807, 2.05) is 31.2 Å². The Morgan fingerprint density at radius 2 is 1.91 bits per heavy atom. The number of nitrogens with zero attached hydrogens (tertiary/aromatic N) is 2. The van der Waals surface area contributed by atoms with E-state index in [0.29, 0.717) is 17.5 Å². The van der Waals surface area contributed by atoms with Crippen LogP contribution in [0.1, 0.15) is 21.8 Å². The van der Waals surface area contributed by atoms with Crippen molar-refractivity contribution in [3.8, 4) is 0 Å². The third-order valence-electron chi connectivity index (χ3n) is 3.18. The quantitative estimate of drug-likeness (QED) is 0.662. The lowest BCUT2D eigenvalue weighted by molar-refractivity contribution is -0.140. The molecule has 0 atom stereocenters. The van der Waals surface area contributed by atoms with Gasteiger partial charge in [-0.2, -0.15) is 13.2 Å². The first-order valence-corrected chi connectivity index (χ1v) is 7.78. The minimum absolute atomic E-state index is 0.189. The summed E-state index contributed by atoms with van der Waals surface area (Å²) in [7, 11) is 1.61. The summed E-state index contributed by atoms with van der Waals surface area (Å²) in [6, 6.07) is 7.94. The van der Waals surface area contributed by atoms with Gasteiger partial charge in [-0.1, -0.05) is 24.3 Å². The molecule has 0 saturated carbocycles. The Labute approximate surface area is 136 Å². The summed E-state index contributed by atoms with van der Waals surface area (Å²) in [5, 5.41) is 7.46. The zero-order valence-electron chi connectivity index (χ0n) is 12.7. The van der Waals surface area contributed by atoms with Gasteiger partial charge in [0.25, 0.3) is 0 Å². The summed E-state index contributed by atoms with van der Waals surface area (Å²) in [6.45, 7) is 2.79. The molecular weight excluding hydrogens is 325 g/mol. The molecule has 1 heterocycles. The lowest BCUT2D eigenvalue weighted by Crippen LogP contribution is -2.36. The van der Waals surface area contributed by atoms with Gasteiger partial charge >= 0.3 is 6.18 Å². The molecule has 0 bridgehead atoms. The molecule has 8 heteroatoms. The minimum atomic E-state index is -4.40.